The molecule has 1 aromatic heterocycles. The number of nitrogens with two attached hydrogens (primary N) is 1. The van der Waals surface area contributed by atoms with E-state index in [0.717, 1.165) is 25.0 Å². The van der Waals surface area contributed by atoms with E-state index in [-0.39, 0.29) is 11.9 Å². The summed E-state index contributed by atoms with van der Waals surface area (Å²) in [6.45, 7) is 1.50. The minimum Gasteiger partial charge on any atom is -0.376 e. The normalized spacial score (nSPS) is 20.2. The number of ether oxygens (including phenoxy) is 1. The molecule has 1 fully saturated rings. The molecule has 1 aliphatic heterocycles. The Hall–Kier alpha value is -1.62. The van der Waals surface area contributed by atoms with E-state index < -0.39 is 0 Å². The van der Waals surface area contributed by atoms with Crippen molar-refractivity contribution >= 4 is 17.0 Å². The largest absolute Gasteiger partial charge is 0.376 e. The maximum absolute atomic E-state index is 13.1. The summed E-state index contributed by atoms with van der Waals surface area (Å²) in [5, 5.41) is 0. The third kappa shape index (κ3) is 1.86. The van der Waals surface area contributed by atoms with Crippen LogP contribution < -0.4 is 5.73 Å². The van der Waals surface area contributed by atoms with Crippen LogP contribution >= 0.6 is 0 Å². The molecule has 5 heteroatoms. The summed E-state index contributed by atoms with van der Waals surface area (Å²) in [6, 6.07) is 4.54. The molecule has 0 saturated carbocycles. The highest BCUT2D eigenvalue weighted by molar-refractivity contribution is 5.78. The van der Waals surface area contributed by atoms with E-state index in [1.165, 1.54) is 12.1 Å². The number of rotatable bonds is 2. The number of imidazole rings is 1. The fraction of sp³-hybridized carbons (Fsp3) is 0.417. The van der Waals surface area contributed by atoms with E-state index >= 15 is 0 Å². The van der Waals surface area contributed by atoms with Gasteiger partial charge in [0.15, 0.2) is 0 Å². The maximum Gasteiger partial charge on any atom is 0.201 e. The Kier molecular flexibility index (Phi) is 2.48. The smallest absolute Gasteiger partial charge is 0.201 e. The Bertz CT molecular complexity index is 546. The lowest BCUT2D eigenvalue weighted by Crippen LogP contribution is -2.16. The van der Waals surface area contributed by atoms with E-state index in [1.54, 1.807) is 6.07 Å². The molecule has 4 nitrogen and oxygen atoms in total. The summed E-state index contributed by atoms with van der Waals surface area (Å²) >= 11 is 0. The third-order valence-corrected chi connectivity index (χ3v) is 3.15. The van der Waals surface area contributed by atoms with Crippen molar-refractivity contribution in [1.29, 1.82) is 0 Å². The van der Waals surface area contributed by atoms with E-state index in [4.69, 9.17) is 10.5 Å². The van der Waals surface area contributed by atoms with Crippen LogP contribution in [0.25, 0.3) is 11.0 Å². The van der Waals surface area contributed by atoms with Gasteiger partial charge in [0, 0.05) is 12.7 Å². The topological polar surface area (TPSA) is 53.1 Å². The standard InChI is InChI=1S/C12H14FN3O/c13-8-3-4-11-10(6-8)15-12(14)16(11)7-9-2-1-5-17-9/h3-4,6,9H,1-2,5,7H2,(H2,14,15). The quantitative estimate of drug-likeness (QED) is 0.865. The molecule has 0 amide bonds. The van der Waals surface area contributed by atoms with Gasteiger partial charge >= 0.3 is 0 Å². The fourth-order valence-corrected chi connectivity index (χ4v) is 2.31. The van der Waals surface area contributed by atoms with E-state index in [9.17, 15) is 4.39 Å². The van der Waals surface area contributed by atoms with Crippen molar-refractivity contribution in [3.8, 4) is 0 Å². The van der Waals surface area contributed by atoms with Crippen molar-refractivity contribution < 1.29 is 9.13 Å². The Morgan fingerprint density at radius 2 is 2.41 bits per heavy atom. The van der Waals surface area contributed by atoms with E-state index in [1.807, 2.05) is 4.57 Å². The predicted octanol–water partition coefficient (Wildman–Crippen LogP) is 1.94. The molecule has 1 aromatic carbocycles. The summed E-state index contributed by atoms with van der Waals surface area (Å²) in [5.74, 6) is 0.125. The van der Waals surface area contributed by atoms with Crippen LogP contribution in [-0.4, -0.2) is 22.3 Å². The number of aromatic nitrogens is 2. The molecule has 0 radical (unpaired) electrons. The van der Waals surface area contributed by atoms with Crippen LogP contribution in [0.2, 0.25) is 0 Å². The number of hydrogen-bond acceptors (Lipinski definition) is 3. The van der Waals surface area contributed by atoms with Crippen LogP contribution in [0.1, 0.15) is 12.8 Å². The first kappa shape index (κ1) is 10.5. The second-order valence-electron chi connectivity index (χ2n) is 4.35. The highest BCUT2D eigenvalue weighted by atomic mass is 19.1. The van der Waals surface area contributed by atoms with E-state index in [0.29, 0.717) is 18.0 Å². The fourth-order valence-electron chi connectivity index (χ4n) is 2.31. The Labute approximate surface area is 98.2 Å². The van der Waals surface area contributed by atoms with Gasteiger partial charge in [-0.05, 0) is 25.0 Å². The van der Waals surface area contributed by atoms with Crippen LogP contribution in [0.4, 0.5) is 10.3 Å². The molecule has 0 aliphatic carbocycles. The van der Waals surface area contributed by atoms with Gasteiger partial charge in [0.2, 0.25) is 5.95 Å². The van der Waals surface area contributed by atoms with Gasteiger partial charge in [0.1, 0.15) is 5.82 Å². The van der Waals surface area contributed by atoms with Gasteiger partial charge in [-0.2, -0.15) is 0 Å². The SMILES string of the molecule is Nc1nc2cc(F)ccc2n1CC1CCCO1. The first-order valence-corrected chi connectivity index (χ1v) is 5.77. The van der Waals surface area contributed by atoms with Gasteiger partial charge in [-0.1, -0.05) is 0 Å². The molecule has 90 valence electrons. The molecule has 1 aliphatic rings. The summed E-state index contributed by atoms with van der Waals surface area (Å²) < 4.78 is 20.5. The van der Waals surface area contributed by atoms with Crippen molar-refractivity contribution in [1.82, 2.24) is 9.55 Å². The molecule has 0 spiro atoms. The average Bonchev–Trinajstić information content (AvgIpc) is 2.88. The lowest BCUT2D eigenvalue weighted by molar-refractivity contribution is 0.0984. The van der Waals surface area contributed by atoms with Gasteiger partial charge in [0.05, 0.1) is 23.7 Å². The van der Waals surface area contributed by atoms with Crippen molar-refractivity contribution in [3.05, 3.63) is 24.0 Å². The molecule has 2 heterocycles. The molecule has 17 heavy (non-hydrogen) atoms. The first-order chi connectivity index (χ1) is 8.24. The molecule has 1 atom stereocenters. The lowest BCUT2D eigenvalue weighted by Gasteiger charge is -2.12. The average molecular weight is 235 g/mol. The van der Waals surface area contributed by atoms with Crippen molar-refractivity contribution in [2.45, 2.75) is 25.5 Å². The van der Waals surface area contributed by atoms with Crippen molar-refractivity contribution in [2.75, 3.05) is 12.3 Å². The van der Waals surface area contributed by atoms with Gasteiger partial charge in [0.25, 0.3) is 0 Å². The first-order valence-electron chi connectivity index (χ1n) is 5.77. The number of fused-ring (bicyclic) bond motifs is 1. The van der Waals surface area contributed by atoms with Crippen LogP contribution in [0.5, 0.6) is 0 Å². The number of benzene rings is 1. The minimum atomic E-state index is -0.292. The third-order valence-electron chi connectivity index (χ3n) is 3.15. The van der Waals surface area contributed by atoms with E-state index in [2.05, 4.69) is 4.98 Å². The number of nitrogens with zero attached hydrogens (tertiary/aromatic N) is 2. The zero-order valence-corrected chi connectivity index (χ0v) is 9.40. The predicted molar refractivity (Wildman–Crippen MR) is 63.1 cm³/mol. The Balaban J connectivity index is 1.99. The van der Waals surface area contributed by atoms with Gasteiger partial charge in [-0.3, -0.25) is 0 Å². The molecular weight excluding hydrogens is 221 g/mol. The zero-order chi connectivity index (χ0) is 11.8. The Morgan fingerprint density at radius 1 is 1.53 bits per heavy atom. The minimum absolute atomic E-state index is 0.194. The molecule has 1 unspecified atom stereocenters. The number of anilines is 1. The van der Waals surface area contributed by atoms with Gasteiger partial charge < -0.3 is 15.0 Å². The lowest BCUT2D eigenvalue weighted by atomic mass is 10.2. The van der Waals surface area contributed by atoms with Crippen molar-refractivity contribution in [3.63, 3.8) is 0 Å². The second-order valence-corrected chi connectivity index (χ2v) is 4.35. The zero-order valence-electron chi connectivity index (χ0n) is 9.40. The highest BCUT2D eigenvalue weighted by Crippen LogP contribution is 2.22. The molecular formula is C12H14FN3O. The summed E-state index contributed by atoms with van der Waals surface area (Å²) in [6.07, 6.45) is 2.33. The second kappa shape index (κ2) is 4.00. The highest BCUT2D eigenvalue weighted by Gasteiger charge is 2.18. The monoisotopic (exact) mass is 235 g/mol. The molecule has 2 N–H and O–H groups in total. The number of hydrogen-bond donors (Lipinski definition) is 1. The van der Waals surface area contributed by atoms with Crippen LogP contribution in [0.15, 0.2) is 18.2 Å². The summed E-state index contributed by atoms with van der Waals surface area (Å²) in [4.78, 5) is 4.16. The molecule has 0 bridgehead atoms. The Morgan fingerprint density at radius 3 is 3.18 bits per heavy atom. The van der Waals surface area contributed by atoms with Gasteiger partial charge in [-0.15, -0.1) is 0 Å². The number of nitrogen functional groups attached to an aromatic ring is 1. The summed E-state index contributed by atoms with van der Waals surface area (Å²) in [5.41, 5.74) is 7.31. The van der Waals surface area contributed by atoms with Crippen LogP contribution in [0.3, 0.4) is 0 Å². The summed E-state index contributed by atoms with van der Waals surface area (Å²) in [7, 11) is 0. The van der Waals surface area contributed by atoms with Gasteiger partial charge in [-0.25, -0.2) is 9.37 Å². The molecule has 3 rings (SSSR count). The van der Waals surface area contributed by atoms with Crippen LogP contribution in [-0.2, 0) is 11.3 Å². The molecule has 2 aromatic rings. The van der Waals surface area contributed by atoms with Crippen molar-refractivity contribution in [2.24, 2.45) is 0 Å². The molecule has 1 saturated heterocycles. The van der Waals surface area contributed by atoms with Crippen LogP contribution in [0, 0.1) is 5.82 Å². The maximum atomic E-state index is 13.1. The number of halogens is 1.